The Balaban J connectivity index is 1.18. The number of aromatic nitrogens is 1. The van der Waals surface area contributed by atoms with Crippen molar-refractivity contribution in [3.8, 4) is 17.0 Å². The van der Waals surface area contributed by atoms with Gasteiger partial charge in [-0.15, -0.1) is 0 Å². The highest BCUT2D eigenvalue weighted by molar-refractivity contribution is 7.91. The van der Waals surface area contributed by atoms with Crippen LogP contribution in [0.15, 0.2) is 48.6 Å². The second kappa shape index (κ2) is 15.6. The van der Waals surface area contributed by atoms with Gasteiger partial charge < -0.3 is 30.3 Å². The average Bonchev–Trinajstić information content (AvgIpc) is 4.04. The lowest BCUT2D eigenvalue weighted by atomic mass is 9.93. The molecule has 1 aromatic carbocycles. The largest absolute Gasteiger partial charge is 0.506 e. The zero-order valence-electron chi connectivity index (χ0n) is 32.2. The number of pyridine rings is 1. The molecule has 4 fully saturated rings. The highest BCUT2D eigenvalue weighted by Gasteiger charge is 2.63. The van der Waals surface area contributed by atoms with Gasteiger partial charge in [-0.05, 0) is 89.6 Å². The predicted molar refractivity (Wildman–Crippen MR) is 209 cm³/mol. The van der Waals surface area contributed by atoms with Gasteiger partial charge >= 0.3 is 6.09 Å². The third kappa shape index (κ3) is 8.76. The smallest absolute Gasteiger partial charge is 0.408 e. The number of fused-ring (bicyclic) bond motifs is 4. The van der Waals surface area contributed by atoms with Gasteiger partial charge in [-0.1, -0.05) is 42.7 Å². The van der Waals surface area contributed by atoms with Crippen LogP contribution in [-0.4, -0.2) is 106 Å². The number of halogens is 1. The number of amides is 5. The number of aromatic hydroxyl groups is 1. The summed E-state index contributed by atoms with van der Waals surface area (Å²) in [5, 5.41) is 15.0. The molecule has 3 aliphatic heterocycles. The minimum Gasteiger partial charge on any atom is -0.506 e. The molecule has 2 saturated heterocycles. The van der Waals surface area contributed by atoms with Crippen LogP contribution in [0.5, 0.6) is 5.75 Å². The van der Waals surface area contributed by atoms with Gasteiger partial charge in [0.15, 0.2) is 0 Å². The van der Waals surface area contributed by atoms with E-state index in [-0.39, 0.29) is 54.3 Å². The molecule has 2 aliphatic carbocycles. The number of carbonyl (C=O) groups is 5. The lowest BCUT2D eigenvalue weighted by Crippen LogP contribution is -2.60. The van der Waals surface area contributed by atoms with Crippen molar-refractivity contribution in [3.05, 3.63) is 59.3 Å². The van der Waals surface area contributed by atoms with E-state index in [1.807, 2.05) is 12.2 Å². The Kier molecular flexibility index (Phi) is 11.1. The Hall–Kier alpha value is -4.70. The fourth-order valence-corrected chi connectivity index (χ4v) is 9.77. The standard InChI is InChI=1S/C40H49ClN6O9S/c1-39(2,3)56-38(53)43-31-11-8-6-4-5-7-10-25-19-40(25,37(52)45-57(54,55)26-15-16-26)44-34(49)33-27-22-46(20-24(27)21-47(33)36(31)51)35(50)30-13-9-12-29(42-30)23-14-17-32(48)28(41)18-23/h7,9-10,12-14,17-18,24-27,31,33,48H,4-6,8,11,15-16,19-22H2,1-3H3,(H,43,53)(H,44,49)(H,45,52)/b10-7-/t24-,25-,27-,31-,33-,40+/m0/s1. The van der Waals surface area contributed by atoms with Gasteiger partial charge in [-0.2, -0.15) is 0 Å². The van der Waals surface area contributed by atoms with E-state index in [0.717, 1.165) is 12.8 Å². The summed E-state index contributed by atoms with van der Waals surface area (Å²) >= 11 is 6.13. The van der Waals surface area contributed by atoms with Crippen molar-refractivity contribution in [3.63, 3.8) is 0 Å². The van der Waals surface area contributed by atoms with Gasteiger partial charge in [-0.3, -0.25) is 23.9 Å². The van der Waals surface area contributed by atoms with Gasteiger partial charge in [0.2, 0.25) is 21.8 Å². The number of sulfonamides is 1. The van der Waals surface area contributed by atoms with Gasteiger partial charge in [0.25, 0.3) is 11.8 Å². The molecule has 0 unspecified atom stereocenters. The normalized spacial score (nSPS) is 28.5. The summed E-state index contributed by atoms with van der Waals surface area (Å²) in [5.41, 5.74) is -1.16. The van der Waals surface area contributed by atoms with Crippen LogP contribution in [0, 0.1) is 17.8 Å². The first-order chi connectivity index (χ1) is 27.0. The Bertz CT molecular complexity index is 2100. The molecule has 2 aromatic rings. The van der Waals surface area contributed by atoms with Crippen molar-refractivity contribution in [2.24, 2.45) is 17.8 Å². The summed E-state index contributed by atoms with van der Waals surface area (Å²) in [6.07, 6.45) is 7.19. The monoisotopic (exact) mass is 824 g/mol. The molecule has 4 N–H and O–H groups in total. The van der Waals surface area contributed by atoms with Crippen LogP contribution in [0.25, 0.3) is 11.3 Å². The number of carbonyl (C=O) groups excluding carboxylic acids is 5. The molecule has 6 atom stereocenters. The maximum atomic E-state index is 14.7. The molecule has 1 aromatic heterocycles. The van der Waals surface area contributed by atoms with Crippen molar-refractivity contribution < 1.29 is 42.2 Å². The molecule has 0 spiro atoms. The number of phenols is 1. The Morgan fingerprint density at radius 1 is 1.04 bits per heavy atom. The van der Waals surface area contributed by atoms with Crippen LogP contribution in [-0.2, 0) is 29.1 Å². The first-order valence-corrected chi connectivity index (χ1v) is 21.5. The second-order valence-corrected chi connectivity index (χ2v) is 19.2. The van der Waals surface area contributed by atoms with E-state index in [1.54, 1.807) is 56.0 Å². The third-order valence-electron chi connectivity index (χ3n) is 11.4. The minimum atomic E-state index is -3.93. The minimum absolute atomic E-state index is 0.0865. The van der Waals surface area contributed by atoms with Crippen molar-refractivity contribution in [1.29, 1.82) is 0 Å². The van der Waals surface area contributed by atoms with E-state index in [1.165, 1.54) is 11.0 Å². The number of benzene rings is 1. The van der Waals surface area contributed by atoms with Crippen molar-refractivity contribution in [1.82, 2.24) is 30.1 Å². The Morgan fingerprint density at radius 2 is 1.81 bits per heavy atom. The molecule has 4 heterocycles. The second-order valence-electron chi connectivity index (χ2n) is 16.9. The van der Waals surface area contributed by atoms with Crippen molar-refractivity contribution >= 4 is 51.3 Å². The van der Waals surface area contributed by atoms with Crippen LogP contribution in [0.1, 0.15) is 82.6 Å². The highest BCUT2D eigenvalue weighted by Crippen LogP contribution is 2.47. The lowest BCUT2D eigenvalue weighted by molar-refractivity contribution is -0.142. The van der Waals surface area contributed by atoms with Crippen LogP contribution in [0.4, 0.5) is 4.79 Å². The maximum Gasteiger partial charge on any atom is 0.408 e. The molecule has 5 amide bonds. The first-order valence-electron chi connectivity index (χ1n) is 19.6. The molecule has 17 heteroatoms. The molecule has 15 nitrogen and oxygen atoms in total. The van der Waals surface area contributed by atoms with Crippen molar-refractivity contribution in [2.75, 3.05) is 19.6 Å². The molecular formula is C40H49ClN6O9S. The van der Waals surface area contributed by atoms with Gasteiger partial charge in [0.1, 0.15) is 34.7 Å². The number of likely N-dealkylation sites (tertiary alicyclic amines) is 1. The Labute approximate surface area is 337 Å². The van der Waals surface area contributed by atoms with Crippen molar-refractivity contribution in [2.45, 2.75) is 101 Å². The molecule has 7 rings (SSSR count). The molecule has 57 heavy (non-hydrogen) atoms. The number of hydrogen-bond acceptors (Lipinski definition) is 10. The molecule has 2 saturated carbocycles. The quantitative estimate of drug-likeness (QED) is 0.310. The number of hydrogen-bond donors (Lipinski definition) is 4. The van der Waals surface area contributed by atoms with Crippen LogP contribution >= 0.6 is 11.6 Å². The van der Waals surface area contributed by atoms with E-state index >= 15 is 0 Å². The molecular weight excluding hydrogens is 776 g/mol. The van der Waals surface area contributed by atoms with Crippen LogP contribution in [0.3, 0.4) is 0 Å². The van der Waals surface area contributed by atoms with E-state index < -0.39 is 74.1 Å². The van der Waals surface area contributed by atoms with E-state index in [9.17, 15) is 37.5 Å². The summed E-state index contributed by atoms with van der Waals surface area (Å²) in [5.74, 6) is -3.78. The van der Waals surface area contributed by atoms with Crippen LogP contribution in [0.2, 0.25) is 5.02 Å². The summed E-state index contributed by atoms with van der Waals surface area (Å²) in [6.45, 7) is 5.54. The van der Waals surface area contributed by atoms with E-state index in [0.29, 0.717) is 43.4 Å². The first kappa shape index (κ1) is 40.5. The predicted octanol–water partition coefficient (Wildman–Crippen LogP) is 3.90. The number of nitrogens with one attached hydrogen (secondary N) is 3. The SMILES string of the molecule is CC(C)(C)OC(=O)N[C@H]1CCCCC/C=C\[C@H]2C[C@@]2(C(=O)NS(=O)(=O)C2CC2)NC(=O)[C@@H]2[C@H]3CN(C(=O)c4cccc(-c5ccc(O)c(Cl)c5)n4)C[C@H]3CN2C1=O. The number of alkyl carbamates (subject to hydrolysis) is 1. The number of allylic oxidation sites excluding steroid dienone is 1. The van der Waals surface area contributed by atoms with Gasteiger partial charge in [0.05, 0.1) is 16.0 Å². The number of nitrogens with zero attached hydrogens (tertiary/aromatic N) is 3. The Morgan fingerprint density at radius 3 is 2.53 bits per heavy atom. The summed E-state index contributed by atoms with van der Waals surface area (Å²) < 4.78 is 33.5. The fourth-order valence-electron chi connectivity index (χ4n) is 8.23. The molecule has 306 valence electrons. The fraction of sp³-hybridized carbons (Fsp3) is 0.550. The lowest BCUT2D eigenvalue weighted by Gasteiger charge is -2.33. The number of phenolic OH excluding ortho intramolecular Hbond substituents is 1. The summed E-state index contributed by atoms with van der Waals surface area (Å²) in [4.78, 5) is 77.7. The molecule has 5 aliphatic rings. The van der Waals surface area contributed by atoms with Crippen LogP contribution < -0.4 is 15.4 Å². The zero-order valence-corrected chi connectivity index (χ0v) is 33.8. The van der Waals surface area contributed by atoms with E-state index in [2.05, 4.69) is 20.3 Å². The highest BCUT2D eigenvalue weighted by atomic mass is 35.5. The number of rotatable bonds is 6. The molecule has 0 radical (unpaired) electrons. The average molecular weight is 825 g/mol. The molecule has 0 bridgehead atoms. The summed E-state index contributed by atoms with van der Waals surface area (Å²) in [6, 6.07) is 7.45. The maximum absolute atomic E-state index is 14.7. The number of ether oxygens (including phenoxy) is 1. The third-order valence-corrected chi connectivity index (χ3v) is 13.5. The topological polar surface area (TPSA) is 204 Å². The zero-order chi connectivity index (χ0) is 40.9. The van der Waals surface area contributed by atoms with Gasteiger partial charge in [-0.25, -0.2) is 18.2 Å². The van der Waals surface area contributed by atoms with Gasteiger partial charge in [0, 0.05) is 43.0 Å². The van der Waals surface area contributed by atoms with E-state index in [4.69, 9.17) is 16.3 Å². The summed E-state index contributed by atoms with van der Waals surface area (Å²) in [7, 11) is -3.93.